The van der Waals surface area contributed by atoms with Gasteiger partial charge in [0.25, 0.3) is 0 Å². The Morgan fingerprint density at radius 1 is 1.56 bits per heavy atom. The number of carbonyl (C=O) groups is 2. The standard InChI is InChI=1S/C10H18N2O4/c1-3-4-11(2)10(15)12-5-6-16-7-8(12)9(13)14/h8H,3-7H2,1-2H3,(H,13,14). The second-order valence-electron chi connectivity index (χ2n) is 3.83. The summed E-state index contributed by atoms with van der Waals surface area (Å²) in [5, 5.41) is 8.98. The molecule has 92 valence electrons. The minimum absolute atomic E-state index is 0.0705. The molecule has 1 saturated heterocycles. The molecule has 6 heteroatoms. The number of carboxylic acid groups (broad SMARTS) is 1. The first-order valence-electron chi connectivity index (χ1n) is 5.40. The molecule has 6 nitrogen and oxygen atoms in total. The Morgan fingerprint density at radius 3 is 2.81 bits per heavy atom. The van der Waals surface area contributed by atoms with Gasteiger partial charge in [0, 0.05) is 20.1 Å². The van der Waals surface area contributed by atoms with Crippen LogP contribution in [0.1, 0.15) is 13.3 Å². The van der Waals surface area contributed by atoms with Gasteiger partial charge in [-0.05, 0) is 6.42 Å². The molecule has 2 amide bonds. The van der Waals surface area contributed by atoms with Crippen LogP contribution in [0.4, 0.5) is 4.79 Å². The summed E-state index contributed by atoms with van der Waals surface area (Å²) in [6, 6.07) is -1.10. The number of amides is 2. The van der Waals surface area contributed by atoms with E-state index in [2.05, 4.69) is 0 Å². The normalized spacial score (nSPS) is 20.6. The van der Waals surface area contributed by atoms with Crippen LogP contribution in [-0.4, -0.2) is 66.3 Å². The zero-order valence-electron chi connectivity index (χ0n) is 9.68. The summed E-state index contributed by atoms with van der Waals surface area (Å²) in [5.41, 5.74) is 0. The van der Waals surface area contributed by atoms with Crippen molar-refractivity contribution in [2.24, 2.45) is 0 Å². The van der Waals surface area contributed by atoms with Crippen molar-refractivity contribution in [1.29, 1.82) is 0 Å². The SMILES string of the molecule is CCCN(C)C(=O)N1CCOCC1C(=O)O. The summed E-state index contributed by atoms with van der Waals surface area (Å²) in [7, 11) is 1.68. The molecule has 0 aromatic heterocycles. The average Bonchev–Trinajstić information content (AvgIpc) is 2.28. The number of hydrogen-bond acceptors (Lipinski definition) is 3. The fourth-order valence-corrected chi connectivity index (χ4v) is 1.69. The Morgan fingerprint density at radius 2 is 2.25 bits per heavy atom. The summed E-state index contributed by atoms with van der Waals surface area (Å²) < 4.78 is 5.07. The van der Waals surface area contributed by atoms with E-state index in [1.54, 1.807) is 11.9 Å². The molecule has 0 bridgehead atoms. The molecule has 1 heterocycles. The number of nitrogens with zero attached hydrogens (tertiary/aromatic N) is 2. The van der Waals surface area contributed by atoms with E-state index in [1.165, 1.54) is 4.90 Å². The minimum atomic E-state index is -1.02. The van der Waals surface area contributed by atoms with Crippen molar-refractivity contribution < 1.29 is 19.4 Å². The first-order valence-corrected chi connectivity index (χ1v) is 5.40. The maximum Gasteiger partial charge on any atom is 0.328 e. The van der Waals surface area contributed by atoms with Crippen molar-refractivity contribution in [3.8, 4) is 0 Å². The van der Waals surface area contributed by atoms with Gasteiger partial charge in [0.1, 0.15) is 0 Å². The van der Waals surface area contributed by atoms with E-state index in [9.17, 15) is 9.59 Å². The van der Waals surface area contributed by atoms with E-state index in [-0.39, 0.29) is 12.6 Å². The maximum absolute atomic E-state index is 11.9. The highest BCUT2D eigenvalue weighted by molar-refractivity contribution is 5.82. The summed E-state index contributed by atoms with van der Waals surface area (Å²) in [6.45, 7) is 3.40. The number of ether oxygens (including phenoxy) is 1. The van der Waals surface area contributed by atoms with Crippen LogP contribution in [0.2, 0.25) is 0 Å². The summed E-state index contributed by atoms with van der Waals surface area (Å²) in [5.74, 6) is -1.02. The lowest BCUT2D eigenvalue weighted by Gasteiger charge is -2.35. The largest absolute Gasteiger partial charge is 0.480 e. The molecule has 1 fully saturated rings. The Balaban J connectivity index is 2.67. The maximum atomic E-state index is 11.9. The van der Waals surface area contributed by atoms with Gasteiger partial charge in [-0.15, -0.1) is 0 Å². The predicted molar refractivity (Wildman–Crippen MR) is 57.3 cm³/mol. The number of rotatable bonds is 3. The monoisotopic (exact) mass is 230 g/mol. The molecular formula is C10H18N2O4. The fraction of sp³-hybridized carbons (Fsp3) is 0.800. The van der Waals surface area contributed by atoms with Crippen LogP contribution in [0.3, 0.4) is 0 Å². The minimum Gasteiger partial charge on any atom is -0.480 e. The van der Waals surface area contributed by atoms with Gasteiger partial charge in [-0.3, -0.25) is 0 Å². The number of hydrogen-bond donors (Lipinski definition) is 1. The quantitative estimate of drug-likeness (QED) is 0.753. The van der Waals surface area contributed by atoms with Crippen molar-refractivity contribution in [2.75, 3.05) is 33.4 Å². The molecular weight excluding hydrogens is 212 g/mol. The van der Waals surface area contributed by atoms with Gasteiger partial charge in [0.15, 0.2) is 6.04 Å². The molecule has 0 aromatic rings. The van der Waals surface area contributed by atoms with Crippen LogP contribution >= 0.6 is 0 Å². The highest BCUT2D eigenvalue weighted by Crippen LogP contribution is 2.10. The summed E-state index contributed by atoms with van der Waals surface area (Å²) in [4.78, 5) is 25.8. The molecule has 0 spiro atoms. The molecule has 1 unspecified atom stereocenters. The van der Waals surface area contributed by atoms with Gasteiger partial charge in [0.05, 0.1) is 13.2 Å². The fourth-order valence-electron chi connectivity index (χ4n) is 1.69. The van der Waals surface area contributed by atoms with Gasteiger partial charge < -0.3 is 19.6 Å². The van der Waals surface area contributed by atoms with Crippen molar-refractivity contribution in [1.82, 2.24) is 9.80 Å². The van der Waals surface area contributed by atoms with E-state index < -0.39 is 12.0 Å². The van der Waals surface area contributed by atoms with Gasteiger partial charge >= 0.3 is 12.0 Å². The Kier molecular flexibility index (Phi) is 4.54. The van der Waals surface area contributed by atoms with Gasteiger partial charge in [-0.25, -0.2) is 9.59 Å². The van der Waals surface area contributed by atoms with Crippen LogP contribution in [0, 0.1) is 0 Å². The van der Waals surface area contributed by atoms with Crippen molar-refractivity contribution in [3.05, 3.63) is 0 Å². The molecule has 0 aromatic carbocycles. The summed E-state index contributed by atoms with van der Waals surface area (Å²) in [6.07, 6.45) is 0.852. The highest BCUT2D eigenvalue weighted by atomic mass is 16.5. The van der Waals surface area contributed by atoms with Crippen LogP contribution in [0.25, 0.3) is 0 Å². The topological polar surface area (TPSA) is 70.1 Å². The van der Waals surface area contributed by atoms with Crippen LogP contribution in [-0.2, 0) is 9.53 Å². The number of carbonyl (C=O) groups excluding carboxylic acids is 1. The molecule has 0 radical (unpaired) electrons. The molecule has 1 aliphatic rings. The number of urea groups is 1. The van der Waals surface area contributed by atoms with Crippen molar-refractivity contribution in [2.45, 2.75) is 19.4 Å². The van der Waals surface area contributed by atoms with Crippen molar-refractivity contribution >= 4 is 12.0 Å². The number of morpholine rings is 1. The zero-order valence-corrected chi connectivity index (χ0v) is 9.68. The first kappa shape index (κ1) is 12.8. The second kappa shape index (κ2) is 5.69. The third-order valence-electron chi connectivity index (χ3n) is 2.54. The van der Waals surface area contributed by atoms with E-state index in [4.69, 9.17) is 9.84 Å². The molecule has 0 aliphatic carbocycles. The van der Waals surface area contributed by atoms with E-state index in [0.717, 1.165) is 6.42 Å². The smallest absolute Gasteiger partial charge is 0.328 e. The predicted octanol–water partition coefficient (Wildman–Crippen LogP) is 0.234. The molecule has 1 atom stereocenters. The zero-order chi connectivity index (χ0) is 12.1. The van der Waals surface area contributed by atoms with E-state index in [1.807, 2.05) is 6.92 Å². The average molecular weight is 230 g/mol. The Labute approximate surface area is 94.8 Å². The molecule has 1 rings (SSSR count). The van der Waals surface area contributed by atoms with E-state index >= 15 is 0 Å². The van der Waals surface area contributed by atoms with Gasteiger partial charge in [0.2, 0.25) is 0 Å². The van der Waals surface area contributed by atoms with Crippen LogP contribution in [0.15, 0.2) is 0 Å². The second-order valence-corrected chi connectivity index (χ2v) is 3.83. The van der Waals surface area contributed by atoms with E-state index in [0.29, 0.717) is 19.7 Å². The number of carboxylic acids is 1. The molecule has 16 heavy (non-hydrogen) atoms. The highest BCUT2D eigenvalue weighted by Gasteiger charge is 2.33. The molecule has 1 aliphatic heterocycles. The van der Waals surface area contributed by atoms with Gasteiger partial charge in [-0.2, -0.15) is 0 Å². The summed E-state index contributed by atoms with van der Waals surface area (Å²) >= 11 is 0. The molecule has 0 saturated carbocycles. The van der Waals surface area contributed by atoms with Crippen LogP contribution < -0.4 is 0 Å². The van der Waals surface area contributed by atoms with Crippen LogP contribution in [0.5, 0.6) is 0 Å². The Bertz CT molecular complexity index is 270. The third-order valence-corrected chi connectivity index (χ3v) is 2.54. The third kappa shape index (κ3) is 2.85. The molecule has 1 N–H and O–H groups in total. The number of aliphatic carboxylic acids is 1. The van der Waals surface area contributed by atoms with Crippen molar-refractivity contribution in [3.63, 3.8) is 0 Å². The lowest BCUT2D eigenvalue weighted by Crippen LogP contribution is -2.55. The Hall–Kier alpha value is -1.30. The van der Waals surface area contributed by atoms with Gasteiger partial charge in [-0.1, -0.05) is 6.92 Å². The first-order chi connectivity index (χ1) is 7.57. The lowest BCUT2D eigenvalue weighted by molar-refractivity contribution is -0.147. The lowest BCUT2D eigenvalue weighted by atomic mass is 10.2.